The third-order valence-corrected chi connectivity index (χ3v) is 6.78. The third-order valence-electron chi connectivity index (χ3n) is 6.78. The van der Waals surface area contributed by atoms with E-state index in [1.807, 2.05) is 54.5 Å². The van der Waals surface area contributed by atoms with Crippen molar-refractivity contribution in [2.45, 2.75) is 70.2 Å². The number of fused-ring (bicyclic) bond motifs is 1. The Morgan fingerprint density at radius 2 is 1.74 bits per heavy atom. The van der Waals surface area contributed by atoms with E-state index in [9.17, 15) is 9.59 Å². The summed E-state index contributed by atoms with van der Waals surface area (Å²) in [6.07, 6.45) is 4.83. The zero-order valence-corrected chi connectivity index (χ0v) is 18.2. The lowest BCUT2D eigenvalue weighted by atomic mass is 9.86. The van der Waals surface area contributed by atoms with Gasteiger partial charge in [-0.3, -0.25) is 14.5 Å². The Labute approximate surface area is 181 Å². The van der Waals surface area contributed by atoms with Crippen molar-refractivity contribution in [2.75, 3.05) is 0 Å². The molecule has 1 saturated heterocycles. The standard InChI is InChI=1S/C24H28N4O3/c1-15-13-20-19(14-25-15)26-22(29)27(20)17-9-11-18(12-10-17)28-21(16-7-5-4-6-8-16)24(2,3)31-23(28)30/h4-8,13-14,17-18,21H,9-12H2,1-3H3,(H,26,29)/t17-,18-,21-/m0/s1. The number of carbonyl (C=O) groups excluding carboxylic acids is 1. The summed E-state index contributed by atoms with van der Waals surface area (Å²) >= 11 is 0. The van der Waals surface area contributed by atoms with Crippen LogP contribution >= 0.6 is 0 Å². The summed E-state index contributed by atoms with van der Waals surface area (Å²) in [6, 6.07) is 12.2. The molecular formula is C24H28N4O3. The van der Waals surface area contributed by atoms with Crippen LogP contribution in [0.2, 0.25) is 0 Å². The van der Waals surface area contributed by atoms with Crippen molar-refractivity contribution in [3.63, 3.8) is 0 Å². The minimum atomic E-state index is -0.590. The van der Waals surface area contributed by atoms with Crippen LogP contribution in [0.25, 0.3) is 11.0 Å². The number of cyclic esters (lactones) is 1. The topological polar surface area (TPSA) is 80.2 Å². The lowest BCUT2D eigenvalue weighted by molar-refractivity contribution is 0.0662. The van der Waals surface area contributed by atoms with Gasteiger partial charge in [-0.1, -0.05) is 30.3 Å². The van der Waals surface area contributed by atoms with Gasteiger partial charge < -0.3 is 9.72 Å². The monoisotopic (exact) mass is 420 g/mol. The maximum absolute atomic E-state index is 12.9. The Bertz CT molecular complexity index is 1170. The summed E-state index contributed by atoms with van der Waals surface area (Å²) in [6.45, 7) is 5.90. The number of hydrogen-bond donors (Lipinski definition) is 1. The van der Waals surface area contributed by atoms with Gasteiger partial charge in [0.1, 0.15) is 5.60 Å². The zero-order valence-electron chi connectivity index (χ0n) is 18.2. The molecule has 7 nitrogen and oxygen atoms in total. The van der Waals surface area contributed by atoms with E-state index in [-0.39, 0.29) is 29.9 Å². The van der Waals surface area contributed by atoms with Gasteiger partial charge in [0.05, 0.1) is 23.3 Å². The van der Waals surface area contributed by atoms with E-state index >= 15 is 0 Å². The van der Waals surface area contributed by atoms with Crippen LogP contribution in [0.4, 0.5) is 4.79 Å². The second-order valence-corrected chi connectivity index (χ2v) is 9.30. The van der Waals surface area contributed by atoms with E-state index in [0.717, 1.165) is 48.0 Å². The van der Waals surface area contributed by atoms with Crippen LogP contribution < -0.4 is 5.69 Å². The van der Waals surface area contributed by atoms with Crippen LogP contribution in [0.5, 0.6) is 0 Å². The summed E-state index contributed by atoms with van der Waals surface area (Å²) < 4.78 is 7.67. The Kier molecular flexibility index (Phi) is 4.64. The van der Waals surface area contributed by atoms with Crippen molar-refractivity contribution in [3.8, 4) is 0 Å². The highest BCUT2D eigenvalue weighted by Crippen LogP contribution is 2.45. The predicted octanol–water partition coefficient (Wildman–Crippen LogP) is 4.49. The van der Waals surface area contributed by atoms with Gasteiger partial charge in [-0.05, 0) is 58.1 Å². The SMILES string of the molecule is Cc1cc2c(cn1)[nH]c(=O)n2[C@H]1CC[C@H](N2C(=O)OC(C)(C)[C@@H]2c2ccccc2)CC1. The van der Waals surface area contributed by atoms with Gasteiger partial charge in [-0.25, -0.2) is 9.59 Å². The molecule has 1 N–H and O–H groups in total. The van der Waals surface area contributed by atoms with Gasteiger partial charge >= 0.3 is 11.8 Å². The quantitative estimate of drug-likeness (QED) is 0.677. The summed E-state index contributed by atoms with van der Waals surface area (Å²) in [5.41, 5.74) is 2.98. The van der Waals surface area contributed by atoms with Crippen molar-refractivity contribution in [3.05, 3.63) is 64.3 Å². The number of pyridine rings is 1. The minimum Gasteiger partial charge on any atom is -0.441 e. The molecule has 1 saturated carbocycles. The van der Waals surface area contributed by atoms with E-state index < -0.39 is 5.60 Å². The molecule has 31 heavy (non-hydrogen) atoms. The van der Waals surface area contributed by atoms with E-state index in [4.69, 9.17) is 4.74 Å². The molecule has 1 aliphatic heterocycles. The first-order valence-corrected chi connectivity index (χ1v) is 11.0. The lowest BCUT2D eigenvalue weighted by Gasteiger charge is -2.38. The Balaban J connectivity index is 1.40. The molecule has 0 radical (unpaired) electrons. The van der Waals surface area contributed by atoms with Gasteiger partial charge in [-0.2, -0.15) is 0 Å². The van der Waals surface area contributed by atoms with Crippen molar-refractivity contribution in [1.82, 2.24) is 19.4 Å². The number of ether oxygens (including phenoxy) is 1. The van der Waals surface area contributed by atoms with Crippen molar-refractivity contribution in [2.24, 2.45) is 0 Å². The number of nitrogens with zero attached hydrogens (tertiary/aromatic N) is 3. The average molecular weight is 421 g/mol. The molecule has 1 atom stereocenters. The molecule has 0 unspecified atom stereocenters. The summed E-state index contributed by atoms with van der Waals surface area (Å²) in [5, 5.41) is 0. The number of H-pyrrole nitrogens is 1. The van der Waals surface area contributed by atoms with E-state index in [2.05, 4.69) is 22.1 Å². The molecule has 2 aliphatic rings. The van der Waals surface area contributed by atoms with Gasteiger partial charge in [0.2, 0.25) is 0 Å². The first-order chi connectivity index (χ1) is 14.8. The molecule has 5 rings (SSSR count). The smallest absolute Gasteiger partial charge is 0.411 e. The Hall–Kier alpha value is -3.09. The van der Waals surface area contributed by atoms with Gasteiger partial charge in [0, 0.05) is 17.8 Å². The first kappa shape index (κ1) is 19.8. The van der Waals surface area contributed by atoms with Gasteiger partial charge in [0.15, 0.2) is 0 Å². The van der Waals surface area contributed by atoms with Gasteiger partial charge in [-0.15, -0.1) is 0 Å². The van der Waals surface area contributed by atoms with Crippen LogP contribution in [0.3, 0.4) is 0 Å². The molecule has 2 fully saturated rings. The maximum atomic E-state index is 12.9. The van der Waals surface area contributed by atoms with Crippen molar-refractivity contribution in [1.29, 1.82) is 0 Å². The maximum Gasteiger partial charge on any atom is 0.411 e. The number of aromatic nitrogens is 3. The molecule has 3 aromatic rings. The molecule has 1 aromatic carbocycles. The minimum absolute atomic E-state index is 0.0882. The number of aromatic amines is 1. The summed E-state index contributed by atoms with van der Waals surface area (Å²) in [4.78, 5) is 34.7. The normalized spacial score (nSPS) is 25.7. The number of hydrogen-bond acceptors (Lipinski definition) is 4. The summed E-state index contributed by atoms with van der Waals surface area (Å²) in [7, 11) is 0. The molecular weight excluding hydrogens is 392 g/mol. The van der Waals surface area contributed by atoms with E-state index in [0.29, 0.717) is 0 Å². The molecule has 1 amide bonds. The largest absolute Gasteiger partial charge is 0.441 e. The fourth-order valence-corrected chi connectivity index (χ4v) is 5.41. The van der Waals surface area contributed by atoms with E-state index in [1.54, 1.807) is 6.20 Å². The fourth-order valence-electron chi connectivity index (χ4n) is 5.41. The predicted molar refractivity (Wildman–Crippen MR) is 118 cm³/mol. The highest BCUT2D eigenvalue weighted by molar-refractivity contribution is 5.75. The number of rotatable bonds is 3. The number of amides is 1. The third kappa shape index (κ3) is 3.32. The van der Waals surface area contributed by atoms with Crippen molar-refractivity contribution >= 4 is 17.1 Å². The Morgan fingerprint density at radius 1 is 1.06 bits per heavy atom. The number of aryl methyl sites for hydroxylation is 1. The fraction of sp³-hybridized carbons (Fsp3) is 0.458. The summed E-state index contributed by atoms with van der Waals surface area (Å²) in [5.74, 6) is 0. The molecule has 3 heterocycles. The van der Waals surface area contributed by atoms with Crippen LogP contribution in [-0.2, 0) is 4.74 Å². The van der Waals surface area contributed by atoms with Crippen LogP contribution in [0, 0.1) is 6.92 Å². The van der Waals surface area contributed by atoms with Crippen LogP contribution in [0.1, 0.15) is 62.9 Å². The second kappa shape index (κ2) is 7.25. The van der Waals surface area contributed by atoms with Crippen LogP contribution in [-0.4, -0.2) is 37.2 Å². The van der Waals surface area contributed by atoms with Gasteiger partial charge in [0.25, 0.3) is 0 Å². The number of nitrogens with one attached hydrogen (secondary N) is 1. The van der Waals surface area contributed by atoms with Crippen LogP contribution in [0.15, 0.2) is 47.4 Å². The Morgan fingerprint density at radius 3 is 2.45 bits per heavy atom. The van der Waals surface area contributed by atoms with Crippen molar-refractivity contribution < 1.29 is 9.53 Å². The highest BCUT2D eigenvalue weighted by Gasteiger charge is 2.51. The molecule has 2 aromatic heterocycles. The number of imidazole rings is 1. The molecule has 0 spiro atoms. The number of carbonyl (C=O) groups is 1. The zero-order chi connectivity index (χ0) is 21.8. The first-order valence-electron chi connectivity index (χ1n) is 11.0. The average Bonchev–Trinajstić information content (AvgIpc) is 3.19. The second-order valence-electron chi connectivity index (χ2n) is 9.30. The molecule has 162 valence electrons. The van der Waals surface area contributed by atoms with E-state index in [1.165, 1.54) is 0 Å². The highest BCUT2D eigenvalue weighted by atomic mass is 16.6. The number of benzene rings is 1. The molecule has 1 aliphatic carbocycles. The lowest BCUT2D eigenvalue weighted by Crippen LogP contribution is -2.43. The molecule has 7 heteroatoms. The molecule has 0 bridgehead atoms.